The zero-order valence-corrected chi connectivity index (χ0v) is 19.9. The van der Waals surface area contributed by atoms with Gasteiger partial charge in [0.15, 0.2) is 0 Å². The molecule has 5 nitrogen and oxygen atoms in total. The predicted octanol–water partition coefficient (Wildman–Crippen LogP) is 6.57. The topological polar surface area (TPSA) is 83.8 Å². The summed E-state index contributed by atoms with van der Waals surface area (Å²) in [6, 6.07) is 38.9. The van der Waals surface area contributed by atoms with E-state index in [2.05, 4.69) is 114 Å². The molecule has 2 N–H and O–H groups in total. The zero-order chi connectivity index (χ0) is 23.5. The molecule has 7 heteroatoms. The molecule has 0 aliphatic rings. The summed E-state index contributed by atoms with van der Waals surface area (Å²) >= 11 is 0. The van der Waals surface area contributed by atoms with Gasteiger partial charge in [-0.1, -0.05) is 109 Å². The maximum atomic E-state index is 9.44. The molecule has 0 radical (unpaired) electrons. The lowest BCUT2D eigenvalue weighted by Gasteiger charge is -2.13. The van der Waals surface area contributed by atoms with E-state index in [1.807, 2.05) is 0 Å². The second-order valence-corrected chi connectivity index (χ2v) is 9.06. The fourth-order valence-electron chi connectivity index (χ4n) is 3.62. The van der Waals surface area contributed by atoms with E-state index in [0.29, 0.717) is 0 Å². The van der Waals surface area contributed by atoms with Crippen LogP contribution in [-0.2, 0) is 26.3 Å². The standard InChI is InChI=1S/C26H22.H4O5P2/c1-3-11-21(12-4-1)25-17-9-7-15-23(25)19-20-24-16-8-10-18-26(24)22-13-5-2-6-14-22;1-6(2)5-7(3)4/h1-18H,19-20H2;6-7H,(H,1,2)(H,3,4). The normalized spacial score (nSPS) is 12.3. The number of benzene rings is 4. The summed E-state index contributed by atoms with van der Waals surface area (Å²) in [7, 11) is -6.40. The third-order valence-electron chi connectivity index (χ3n) is 5.04. The lowest BCUT2D eigenvalue weighted by atomic mass is 9.92. The minimum absolute atomic E-state index is 1.04. The Morgan fingerprint density at radius 2 is 0.848 bits per heavy atom. The molecule has 4 rings (SSSR count). The molecular formula is C26H26O5P2. The van der Waals surface area contributed by atoms with E-state index in [0.717, 1.165) is 12.8 Å². The molecule has 0 saturated carbocycles. The summed E-state index contributed by atoms with van der Waals surface area (Å²) in [5.41, 5.74) is 8.07. The Labute approximate surface area is 195 Å². The van der Waals surface area contributed by atoms with E-state index >= 15 is 0 Å². The highest BCUT2D eigenvalue weighted by atomic mass is 31.2. The highest BCUT2D eigenvalue weighted by molar-refractivity contribution is 7.46. The van der Waals surface area contributed by atoms with Crippen molar-refractivity contribution in [3.05, 3.63) is 120 Å². The van der Waals surface area contributed by atoms with E-state index in [1.54, 1.807) is 0 Å². The minimum Gasteiger partial charge on any atom is -0.326 e. The average molecular weight is 480 g/mol. The van der Waals surface area contributed by atoms with Gasteiger partial charge in [-0.25, -0.2) is 4.31 Å². The van der Waals surface area contributed by atoms with Crippen LogP contribution in [0.25, 0.3) is 22.3 Å². The van der Waals surface area contributed by atoms with Gasteiger partial charge < -0.3 is 9.79 Å². The van der Waals surface area contributed by atoms with E-state index < -0.39 is 16.5 Å². The number of hydrogen-bond acceptors (Lipinski definition) is 3. The largest absolute Gasteiger partial charge is 0.326 e. The number of aryl methyl sites for hydroxylation is 2. The minimum atomic E-state index is -3.20. The highest BCUT2D eigenvalue weighted by Gasteiger charge is 2.08. The van der Waals surface area contributed by atoms with Gasteiger partial charge in [0.25, 0.3) is 0 Å². The lowest BCUT2D eigenvalue weighted by molar-refractivity contribution is 0.371. The summed E-state index contributed by atoms with van der Waals surface area (Å²) in [6.45, 7) is 0. The van der Waals surface area contributed by atoms with Crippen molar-refractivity contribution in [3.63, 3.8) is 0 Å². The van der Waals surface area contributed by atoms with Crippen molar-refractivity contribution >= 4 is 16.5 Å². The molecule has 0 fully saturated rings. The van der Waals surface area contributed by atoms with Gasteiger partial charge in [0, 0.05) is 0 Å². The maximum Gasteiger partial charge on any atom is 0.323 e. The molecule has 2 unspecified atom stereocenters. The lowest BCUT2D eigenvalue weighted by Crippen LogP contribution is -1.96. The fourth-order valence-corrected chi connectivity index (χ4v) is 4.22. The summed E-state index contributed by atoms with van der Waals surface area (Å²) in [4.78, 5) is 15.4. The molecule has 0 aliphatic carbocycles. The van der Waals surface area contributed by atoms with E-state index in [9.17, 15) is 9.13 Å². The van der Waals surface area contributed by atoms with Crippen molar-refractivity contribution in [3.8, 4) is 22.3 Å². The Kier molecular flexibility index (Phi) is 9.83. The molecule has 0 spiro atoms. The average Bonchev–Trinajstić information content (AvgIpc) is 2.84. The fraction of sp³-hybridized carbons (Fsp3) is 0.0769. The van der Waals surface area contributed by atoms with Gasteiger partial charge in [-0.2, -0.15) is 0 Å². The van der Waals surface area contributed by atoms with E-state index in [1.165, 1.54) is 33.4 Å². The Hall–Kier alpha value is -2.78. The van der Waals surface area contributed by atoms with Gasteiger partial charge in [-0.3, -0.25) is 9.13 Å². The van der Waals surface area contributed by atoms with Gasteiger partial charge in [0.1, 0.15) is 0 Å². The van der Waals surface area contributed by atoms with Crippen molar-refractivity contribution in [2.45, 2.75) is 12.8 Å². The van der Waals surface area contributed by atoms with Crippen LogP contribution in [0.15, 0.2) is 109 Å². The Morgan fingerprint density at radius 1 is 0.515 bits per heavy atom. The van der Waals surface area contributed by atoms with Crippen molar-refractivity contribution in [1.82, 2.24) is 0 Å². The van der Waals surface area contributed by atoms with Gasteiger partial charge in [0.2, 0.25) is 0 Å². The van der Waals surface area contributed by atoms with Gasteiger partial charge in [0.05, 0.1) is 0 Å². The molecule has 0 heterocycles. The highest BCUT2D eigenvalue weighted by Crippen LogP contribution is 2.31. The molecule has 0 bridgehead atoms. The molecule has 2 atom stereocenters. The first-order valence-electron chi connectivity index (χ1n) is 10.4. The quantitative estimate of drug-likeness (QED) is 0.292. The summed E-state index contributed by atoms with van der Waals surface area (Å²) in [5.74, 6) is 0. The first-order valence-corrected chi connectivity index (χ1v) is 13.0. The first kappa shape index (κ1) is 24.9. The smallest absolute Gasteiger partial charge is 0.323 e. The number of hydrogen-bond donors (Lipinski definition) is 2. The van der Waals surface area contributed by atoms with Crippen LogP contribution >= 0.6 is 16.5 Å². The monoisotopic (exact) mass is 480 g/mol. The molecule has 33 heavy (non-hydrogen) atoms. The third-order valence-corrected chi connectivity index (χ3v) is 6.44. The van der Waals surface area contributed by atoms with Crippen molar-refractivity contribution in [2.75, 3.05) is 0 Å². The van der Waals surface area contributed by atoms with Crippen LogP contribution in [0.5, 0.6) is 0 Å². The zero-order valence-electron chi connectivity index (χ0n) is 17.9. The second-order valence-electron chi connectivity index (χ2n) is 7.18. The number of rotatable bonds is 7. The molecule has 0 amide bonds. The first-order chi connectivity index (χ1) is 16.0. The van der Waals surface area contributed by atoms with E-state index in [4.69, 9.17) is 9.79 Å². The maximum absolute atomic E-state index is 9.44. The van der Waals surface area contributed by atoms with Crippen LogP contribution in [0.1, 0.15) is 11.1 Å². The molecule has 4 aromatic carbocycles. The van der Waals surface area contributed by atoms with Crippen LogP contribution < -0.4 is 0 Å². The summed E-state index contributed by atoms with van der Waals surface area (Å²) < 4.78 is 22.3. The van der Waals surface area contributed by atoms with Crippen LogP contribution in [-0.4, -0.2) is 9.79 Å². The van der Waals surface area contributed by atoms with Crippen LogP contribution in [0, 0.1) is 0 Å². The van der Waals surface area contributed by atoms with Crippen molar-refractivity contribution in [1.29, 1.82) is 0 Å². The van der Waals surface area contributed by atoms with Crippen LogP contribution in [0.2, 0.25) is 0 Å². The molecular weight excluding hydrogens is 454 g/mol. The van der Waals surface area contributed by atoms with Crippen molar-refractivity contribution < 1.29 is 23.2 Å². The Balaban J connectivity index is 0.000000383. The third kappa shape index (κ3) is 7.94. The molecule has 0 aromatic heterocycles. The Morgan fingerprint density at radius 3 is 1.18 bits per heavy atom. The van der Waals surface area contributed by atoms with Gasteiger partial charge in [-0.05, 0) is 46.2 Å². The summed E-state index contributed by atoms with van der Waals surface area (Å²) in [6.07, 6.45) is 2.07. The molecule has 4 aromatic rings. The summed E-state index contributed by atoms with van der Waals surface area (Å²) in [5, 5.41) is 0. The molecule has 0 saturated heterocycles. The molecule has 0 aliphatic heterocycles. The van der Waals surface area contributed by atoms with Gasteiger partial charge in [-0.15, -0.1) is 0 Å². The second kappa shape index (κ2) is 13.1. The SMILES string of the molecule is O=[PH](O)O[PH](=O)O.c1ccc(-c2ccccc2CCc2ccccc2-c2ccccc2)cc1. The van der Waals surface area contributed by atoms with Gasteiger partial charge >= 0.3 is 16.5 Å². The molecule has 170 valence electrons. The Bertz CT molecular complexity index is 1100. The predicted molar refractivity (Wildman–Crippen MR) is 135 cm³/mol. The van der Waals surface area contributed by atoms with E-state index in [-0.39, 0.29) is 0 Å². The van der Waals surface area contributed by atoms with Crippen LogP contribution in [0.3, 0.4) is 0 Å². The van der Waals surface area contributed by atoms with Crippen LogP contribution in [0.4, 0.5) is 0 Å². The van der Waals surface area contributed by atoms with Crippen molar-refractivity contribution in [2.24, 2.45) is 0 Å².